The van der Waals surface area contributed by atoms with E-state index in [1.807, 2.05) is 26.4 Å². The Hall–Kier alpha value is -2.30. The number of urea groups is 1. The second kappa shape index (κ2) is 5.60. The maximum absolute atomic E-state index is 12.3. The highest BCUT2D eigenvalue weighted by atomic mass is 16.2. The molecule has 1 aromatic carbocycles. The molecule has 1 aliphatic rings. The minimum atomic E-state index is -0.0412. The summed E-state index contributed by atoms with van der Waals surface area (Å²) < 4.78 is 1.74. The minimum Gasteiger partial charge on any atom is -0.331 e. The van der Waals surface area contributed by atoms with E-state index in [4.69, 9.17) is 0 Å². The van der Waals surface area contributed by atoms with Crippen molar-refractivity contribution in [2.75, 3.05) is 7.05 Å². The van der Waals surface area contributed by atoms with Gasteiger partial charge in [-0.2, -0.15) is 5.10 Å². The summed E-state index contributed by atoms with van der Waals surface area (Å²) in [4.78, 5) is 14.0. The highest BCUT2D eigenvalue weighted by Crippen LogP contribution is 2.30. The van der Waals surface area contributed by atoms with Crippen molar-refractivity contribution < 1.29 is 4.79 Å². The summed E-state index contributed by atoms with van der Waals surface area (Å²) in [7, 11) is 3.68. The van der Waals surface area contributed by atoms with Crippen LogP contribution in [0.5, 0.6) is 0 Å². The maximum atomic E-state index is 12.3. The van der Waals surface area contributed by atoms with Crippen molar-refractivity contribution in [2.45, 2.75) is 25.4 Å². The number of aryl methyl sites for hydroxylation is 2. The van der Waals surface area contributed by atoms with Crippen LogP contribution in [0.15, 0.2) is 36.7 Å². The van der Waals surface area contributed by atoms with Crippen molar-refractivity contribution in [1.29, 1.82) is 0 Å². The second-order valence-corrected chi connectivity index (χ2v) is 5.62. The summed E-state index contributed by atoms with van der Waals surface area (Å²) in [5.74, 6) is 0. The summed E-state index contributed by atoms with van der Waals surface area (Å²) in [5.41, 5.74) is 3.63. The van der Waals surface area contributed by atoms with Gasteiger partial charge in [-0.25, -0.2) is 4.79 Å². The zero-order chi connectivity index (χ0) is 14.8. The molecule has 5 heteroatoms. The fourth-order valence-corrected chi connectivity index (χ4v) is 2.87. The third-order valence-corrected chi connectivity index (χ3v) is 3.96. The molecule has 0 fully saturated rings. The van der Waals surface area contributed by atoms with Gasteiger partial charge in [0.2, 0.25) is 0 Å². The number of fused-ring (bicyclic) bond motifs is 1. The van der Waals surface area contributed by atoms with Crippen LogP contribution in [0, 0.1) is 0 Å². The van der Waals surface area contributed by atoms with Crippen molar-refractivity contribution in [3.05, 3.63) is 53.3 Å². The molecular formula is C16H20N4O. The first-order valence-electron chi connectivity index (χ1n) is 7.20. The zero-order valence-electron chi connectivity index (χ0n) is 12.4. The van der Waals surface area contributed by atoms with Crippen LogP contribution in [0.1, 0.15) is 29.2 Å². The molecule has 1 heterocycles. The molecule has 2 aromatic rings. The van der Waals surface area contributed by atoms with Gasteiger partial charge in [-0.05, 0) is 24.0 Å². The Kier molecular flexibility index (Phi) is 3.64. The molecule has 1 atom stereocenters. The van der Waals surface area contributed by atoms with Crippen molar-refractivity contribution in [1.82, 2.24) is 20.0 Å². The maximum Gasteiger partial charge on any atom is 0.317 e. The highest BCUT2D eigenvalue weighted by Gasteiger charge is 2.24. The molecular weight excluding hydrogens is 264 g/mol. The Labute approximate surface area is 124 Å². The lowest BCUT2D eigenvalue weighted by Crippen LogP contribution is -2.38. The summed E-state index contributed by atoms with van der Waals surface area (Å²) in [5, 5.41) is 7.24. The van der Waals surface area contributed by atoms with E-state index in [0.717, 1.165) is 18.4 Å². The molecule has 2 amide bonds. The molecule has 5 nitrogen and oxygen atoms in total. The van der Waals surface area contributed by atoms with Gasteiger partial charge < -0.3 is 10.2 Å². The van der Waals surface area contributed by atoms with Crippen LogP contribution in [-0.2, 0) is 20.0 Å². The fraction of sp³-hybridized carbons (Fsp3) is 0.375. The number of aromatic nitrogens is 2. The van der Waals surface area contributed by atoms with E-state index in [2.05, 4.69) is 28.6 Å². The van der Waals surface area contributed by atoms with E-state index in [-0.39, 0.29) is 12.1 Å². The molecule has 110 valence electrons. The third-order valence-electron chi connectivity index (χ3n) is 3.96. The van der Waals surface area contributed by atoms with E-state index < -0.39 is 0 Å². The summed E-state index contributed by atoms with van der Waals surface area (Å²) in [6.07, 6.45) is 5.72. The molecule has 0 spiro atoms. The Morgan fingerprint density at radius 3 is 3.05 bits per heavy atom. The Morgan fingerprint density at radius 1 is 1.48 bits per heavy atom. The minimum absolute atomic E-state index is 0.0412. The molecule has 0 saturated carbocycles. The molecule has 0 radical (unpaired) electrons. The molecule has 1 unspecified atom stereocenters. The van der Waals surface area contributed by atoms with Crippen molar-refractivity contribution in [3.63, 3.8) is 0 Å². The zero-order valence-corrected chi connectivity index (χ0v) is 12.4. The van der Waals surface area contributed by atoms with Gasteiger partial charge in [0.1, 0.15) is 0 Å². The molecule has 1 aromatic heterocycles. The van der Waals surface area contributed by atoms with Gasteiger partial charge >= 0.3 is 6.03 Å². The molecule has 0 aliphatic heterocycles. The van der Waals surface area contributed by atoms with Gasteiger partial charge in [0.25, 0.3) is 0 Å². The van der Waals surface area contributed by atoms with E-state index in [1.165, 1.54) is 11.1 Å². The normalized spacial score (nSPS) is 16.6. The smallest absolute Gasteiger partial charge is 0.317 e. The van der Waals surface area contributed by atoms with Gasteiger partial charge in [-0.1, -0.05) is 24.3 Å². The SMILES string of the molecule is CN(Cc1cnn(C)c1)C(=O)NC1CCc2ccccc21. The van der Waals surface area contributed by atoms with Crippen LogP contribution in [0.2, 0.25) is 0 Å². The number of benzene rings is 1. The van der Waals surface area contributed by atoms with Gasteiger partial charge in [0.05, 0.1) is 18.8 Å². The number of hydrogen-bond donors (Lipinski definition) is 1. The van der Waals surface area contributed by atoms with E-state index in [9.17, 15) is 4.79 Å². The predicted molar refractivity (Wildman–Crippen MR) is 80.7 cm³/mol. The lowest BCUT2D eigenvalue weighted by Gasteiger charge is -2.21. The summed E-state index contributed by atoms with van der Waals surface area (Å²) in [6, 6.07) is 8.42. The van der Waals surface area contributed by atoms with E-state index >= 15 is 0 Å². The lowest BCUT2D eigenvalue weighted by molar-refractivity contribution is 0.202. The lowest BCUT2D eigenvalue weighted by atomic mass is 10.1. The highest BCUT2D eigenvalue weighted by molar-refractivity contribution is 5.74. The van der Waals surface area contributed by atoms with Crippen molar-refractivity contribution in [3.8, 4) is 0 Å². The van der Waals surface area contributed by atoms with E-state index in [0.29, 0.717) is 6.54 Å². The number of carbonyl (C=O) groups excluding carboxylic acids is 1. The Balaban J connectivity index is 1.62. The Morgan fingerprint density at radius 2 is 2.29 bits per heavy atom. The van der Waals surface area contributed by atoms with Crippen molar-refractivity contribution >= 4 is 6.03 Å². The first kappa shape index (κ1) is 13.7. The monoisotopic (exact) mass is 284 g/mol. The predicted octanol–water partition coefficient (Wildman–Crippen LogP) is 2.25. The molecule has 0 bridgehead atoms. The first-order valence-corrected chi connectivity index (χ1v) is 7.20. The van der Waals surface area contributed by atoms with Gasteiger partial charge in [0.15, 0.2) is 0 Å². The van der Waals surface area contributed by atoms with Crippen LogP contribution < -0.4 is 5.32 Å². The number of hydrogen-bond acceptors (Lipinski definition) is 2. The van der Waals surface area contributed by atoms with Gasteiger partial charge in [0, 0.05) is 25.9 Å². The number of carbonyl (C=O) groups is 1. The van der Waals surface area contributed by atoms with Crippen LogP contribution >= 0.6 is 0 Å². The number of rotatable bonds is 3. The second-order valence-electron chi connectivity index (χ2n) is 5.62. The van der Waals surface area contributed by atoms with Gasteiger partial charge in [-0.3, -0.25) is 4.68 Å². The Bertz CT molecular complexity index is 649. The topological polar surface area (TPSA) is 50.2 Å². The number of nitrogens with zero attached hydrogens (tertiary/aromatic N) is 3. The third kappa shape index (κ3) is 2.91. The average molecular weight is 284 g/mol. The van der Waals surface area contributed by atoms with Crippen LogP contribution in [0.3, 0.4) is 0 Å². The number of nitrogens with one attached hydrogen (secondary N) is 1. The molecule has 1 N–H and O–H groups in total. The van der Waals surface area contributed by atoms with Crippen LogP contribution in [0.25, 0.3) is 0 Å². The van der Waals surface area contributed by atoms with E-state index in [1.54, 1.807) is 15.8 Å². The molecule has 21 heavy (non-hydrogen) atoms. The quantitative estimate of drug-likeness (QED) is 0.940. The summed E-state index contributed by atoms with van der Waals surface area (Å²) >= 11 is 0. The standard InChI is InChI=1S/C16H20N4O/c1-19(10-12-9-17-20(2)11-12)16(21)18-15-8-7-13-5-3-4-6-14(13)15/h3-6,9,11,15H,7-8,10H2,1-2H3,(H,18,21). The first-order chi connectivity index (χ1) is 10.1. The molecule has 0 saturated heterocycles. The molecule has 3 rings (SSSR count). The van der Waals surface area contributed by atoms with Gasteiger partial charge in [-0.15, -0.1) is 0 Å². The van der Waals surface area contributed by atoms with Crippen LogP contribution in [-0.4, -0.2) is 27.8 Å². The largest absolute Gasteiger partial charge is 0.331 e. The van der Waals surface area contributed by atoms with Crippen molar-refractivity contribution in [2.24, 2.45) is 7.05 Å². The molecule has 1 aliphatic carbocycles. The van der Waals surface area contributed by atoms with Crippen LogP contribution in [0.4, 0.5) is 4.79 Å². The fourth-order valence-electron chi connectivity index (χ4n) is 2.87. The number of amides is 2. The average Bonchev–Trinajstić information content (AvgIpc) is 3.06. The summed E-state index contributed by atoms with van der Waals surface area (Å²) in [6.45, 7) is 0.564.